The number of rotatable bonds is 4. The van der Waals surface area contributed by atoms with Crippen LogP contribution in [0.5, 0.6) is 0 Å². The molecule has 3 heterocycles. The van der Waals surface area contributed by atoms with Crippen LogP contribution in [0.1, 0.15) is 9.81 Å². The summed E-state index contributed by atoms with van der Waals surface area (Å²) in [5, 5.41) is 7.68. The lowest BCUT2D eigenvalue weighted by molar-refractivity contribution is -0.142. The second kappa shape index (κ2) is 8.79. The molecule has 0 saturated carbocycles. The minimum Gasteiger partial charge on any atom is -0.355 e. The predicted molar refractivity (Wildman–Crippen MR) is 121 cm³/mol. The third kappa shape index (κ3) is 4.15. The largest absolute Gasteiger partial charge is 0.434 e. The molecule has 0 radical (unpaired) electrons. The topological polar surface area (TPSA) is 69.6 Å². The van der Waals surface area contributed by atoms with E-state index in [1.54, 1.807) is 0 Å². The number of halogens is 6. The molecule has 0 unspecified atom stereocenters. The highest BCUT2D eigenvalue weighted by Gasteiger charge is 2.41. The van der Waals surface area contributed by atoms with Gasteiger partial charge >= 0.3 is 6.18 Å². The number of hydrogen-bond acceptors (Lipinski definition) is 5. The molecule has 0 aliphatic carbocycles. The smallest absolute Gasteiger partial charge is 0.355 e. The van der Waals surface area contributed by atoms with Gasteiger partial charge in [-0.15, -0.1) is 0 Å². The van der Waals surface area contributed by atoms with Gasteiger partial charge in [0, 0.05) is 17.4 Å². The number of aromatic nitrogens is 5. The van der Waals surface area contributed by atoms with Gasteiger partial charge in [0.15, 0.2) is 17.3 Å². The summed E-state index contributed by atoms with van der Waals surface area (Å²) in [5.74, 6) is -1.94. The van der Waals surface area contributed by atoms with Crippen molar-refractivity contribution in [3.8, 4) is 39.7 Å². The number of alkyl halides is 3. The molecule has 176 valence electrons. The summed E-state index contributed by atoms with van der Waals surface area (Å²) in [7, 11) is 0. The van der Waals surface area contributed by atoms with Crippen molar-refractivity contribution in [1.29, 1.82) is 0 Å². The second-order valence-corrected chi connectivity index (χ2v) is 7.87. The molecule has 0 amide bonds. The van der Waals surface area contributed by atoms with Gasteiger partial charge in [-0.2, -0.15) is 18.3 Å². The second-order valence-electron chi connectivity index (χ2n) is 7.02. The lowest BCUT2D eigenvalue weighted by Crippen LogP contribution is -2.14. The normalized spacial score (nSPS) is 12.9. The van der Waals surface area contributed by atoms with Crippen LogP contribution in [-0.2, 0) is 6.18 Å². The van der Waals surface area contributed by atoms with Crippen molar-refractivity contribution in [2.45, 2.75) is 6.18 Å². The quantitative estimate of drug-likeness (QED) is 0.235. The van der Waals surface area contributed by atoms with E-state index in [1.165, 1.54) is 36.4 Å². The zero-order chi connectivity index (χ0) is 27.4. The van der Waals surface area contributed by atoms with Crippen LogP contribution in [0.15, 0.2) is 71.6 Å². The Morgan fingerprint density at radius 2 is 1.74 bits per heavy atom. The van der Waals surface area contributed by atoms with Crippen molar-refractivity contribution in [1.82, 2.24) is 24.9 Å². The molecular formula is C23H11Cl2F4N5O. The fourth-order valence-electron chi connectivity index (χ4n) is 3.49. The average molecular weight is 523 g/mol. The van der Waals surface area contributed by atoms with Crippen molar-refractivity contribution in [3.05, 3.63) is 88.6 Å². The van der Waals surface area contributed by atoms with Gasteiger partial charge in [-0.25, -0.2) is 19.0 Å². The zero-order valence-electron chi connectivity index (χ0n) is 20.0. The van der Waals surface area contributed by atoms with Gasteiger partial charge in [-0.1, -0.05) is 40.5 Å². The molecule has 0 spiro atoms. The Morgan fingerprint density at radius 1 is 1.00 bits per heavy atom. The summed E-state index contributed by atoms with van der Waals surface area (Å²) >= 11 is 12.2. The van der Waals surface area contributed by atoms with E-state index in [-0.39, 0.29) is 32.6 Å². The van der Waals surface area contributed by atoms with Crippen LogP contribution in [0.2, 0.25) is 10.0 Å². The number of hydrogen-bond donors (Lipinski definition) is 0. The van der Waals surface area contributed by atoms with Crippen molar-refractivity contribution in [2.75, 3.05) is 0 Å². The molecule has 5 rings (SSSR count). The summed E-state index contributed by atoms with van der Waals surface area (Å²) in [6.45, 7) is 0. The third-order valence-electron chi connectivity index (χ3n) is 4.89. The van der Waals surface area contributed by atoms with Gasteiger partial charge in [0.05, 0.1) is 37.7 Å². The van der Waals surface area contributed by atoms with E-state index in [2.05, 4.69) is 20.2 Å². The van der Waals surface area contributed by atoms with E-state index < -0.39 is 53.2 Å². The first kappa shape index (κ1) is 19.5. The van der Waals surface area contributed by atoms with Crippen molar-refractivity contribution in [2.24, 2.45) is 0 Å². The first-order valence-corrected chi connectivity index (χ1v) is 10.4. The van der Waals surface area contributed by atoms with E-state index in [9.17, 15) is 17.6 Å². The predicted octanol–water partition coefficient (Wildman–Crippen LogP) is 7.12. The Bertz CT molecular complexity index is 1660. The molecule has 0 saturated heterocycles. The Labute approximate surface area is 209 Å². The van der Waals surface area contributed by atoms with Crippen LogP contribution >= 0.6 is 23.2 Å². The summed E-state index contributed by atoms with van der Waals surface area (Å²) in [6.07, 6.45) is -5.50. The van der Waals surface area contributed by atoms with Gasteiger partial charge in [-0.05, 0) is 36.4 Å². The molecule has 0 N–H and O–H groups in total. The highest BCUT2D eigenvalue weighted by atomic mass is 35.5. The van der Waals surface area contributed by atoms with Crippen LogP contribution < -0.4 is 0 Å². The van der Waals surface area contributed by atoms with Crippen LogP contribution in [0, 0.1) is 5.82 Å². The monoisotopic (exact) mass is 522 g/mol. The lowest BCUT2D eigenvalue weighted by Gasteiger charge is -2.12. The third-order valence-corrected chi connectivity index (χ3v) is 5.44. The number of nitrogens with zero attached hydrogens (tertiary/aromatic N) is 5. The van der Waals surface area contributed by atoms with E-state index >= 15 is 0 Å². The molecule has 0 aliphatic rings. The van der Waals surface area contributed by atoms with E-state index in [0.29, 0.717) is 4.68 Å². The molecule has 0 aliphatic heterocycles. The van der Waals surface area contributed by atoms with Crippen LogP contribution in [0.3, 0.4) is 0 Å². The average Bonchev–Trinajstić information content (AvgIpc) is 3.47. The molecule has 12 heteroatoms. The van der Waals surface area contributed by atoms with Crippen LogP contribution in [0.4, 0.5) is 17.6 Å². The minimum absolute atomic E-state index is 0.00814. The van der Waals surface area contributed by atoms with Crippen molar-refractivity contribution in [3.63, 3.8) is 0 Å². The molecular weight excluding hydrogens is 509 g/mol. The number of benzene rings is 2. The van der Waals surface area contributed by atoms with Gasteiger partial charge in [0.25, 0.3) is 0 Å². The molecule has 2 aromatic carbocycles. The van der Waals surface area contributed by atoms with Crippen molar-refractivity contribution >= 4 is 23.2 Å². The standard InChI is InChI=1S/C23H11Cl2F4N5O/c24-12-4-1-5-13(10-12)34-21(23(27,28)29)14(11-32-34)20-18(22-30-8-3-9-31-22)19(33-35-20)17-15(25)6-2-7-16(17)26/h1-11H/i3D,8D,9D. The zero-order valence-corrected chi connectivity index (χ0v) is 18.5. The molecule has 3 aromatic heterocycles. The van der Waals surface area contributed by atoms with E-state index in [1.807, 2.05) is 0 Å². The molecule has 6 nitrogen and oxygen atoms in total. The van der Waals surface area contributed by atoms with Gasteiger partial charge < -0.3 is 4.52 Å². The van der Waals surface area contributed by atoms with Gasteiger partial charge in [0.1, 0.15) is 11.5 Å². The van der Waals surface area contributed by atoms with Crippen molar-refractivity contribution < 1.29 is 26.2 Å². The maximum Gasteiger partial charge on any atom is 0.434 e. The van der Waals surface area contributed by atoms with Gasteiger partial charge in [0.2, 0.25) is 0 Å². The Morgan fingerprint density at radius 3 is 2.43 bits per heavy atom. The van der Waals surface area contributed by atoms with Crippen LogP contribution in [0.25, 0.3) is 39.7 Å². The maximum absolute atomic E-state index is 14.9. The van der Waals surface area contributed by atoms with Crippen LogP contribution in [-0.4, -0.2) is 24.9 Å². The lowest BCUT2D eigenvalue weighted by atomic mass is 10.0. The van der Waals surface area contributed by atoms with Gasteiger partial charge in [-0.3, -0.25) is 0 Å². The first-order valence-electron chi connectivity index (χ1n) is 11.1. The summed E-state index contributed by atoms with van der Waals surface area (Å²) in [6, 6.07) is 8.63. The summed E-state index contributed by atoms with van der Waals surface area (Å²) in [5.41, 5.74) is -2.98. The highest BCUT2D eigenvalue weighted by Crippen LogP contribution is 2.45. The Hall–Kier alpha value is -3.76. The first-order chi connectivity index (χ1) is 18.0. The summed E-state index contributed by atoms with van der Waals surface area (Å²) < 4.78 is 87.6. The van der Waals surface area contributed by atoms with E-state index in [0.717, 1.165) is 12.3 Å². The molecule has 0 fully saturated rings. The highest BCUT2D eigenvalue weighted by molar-refractivity contribution is 6.33. The fraction of sp³-hybridized carbons (Fsp3) is 0.0435. The summed E-state index contributed by atoms with van der Waals surface area (Å²) in [4.78, 5) is 7.67. The minimum atomic E-state index is -4.99. The fourth-order valence-corrected chi connectivity index (χ4v) is 3.93. The SMILES string of the molecule is [2H]c1nc(-c2c(-c3c(F)cccc3Cl)noc2-c2cnn(-c3cccc(Cl)c3)c2C(F)(F)F)nc([2H])c1[2H]. The maximum atomic E-state index is 14.9. The Kier molecular flexibility index (Phi) is 4.91. The molecule has 35 heavy (non-hydrogen) atoms. The molecule has 0 atom stereocenters. The van der Waals surface area contributed by atoms with E-state index in [4.69, 9.17) is 31.8 Å². The molecule has 5 aromatic rings. The Balaban J connectivity index is 1.86. The molecule has 0 bridgehead atoms.